The molecule has 2 rings (SSSR count). The third-order valence-corrected chi connectivity index (χ3v) is 4.60. The minimum atomic E-state index is 0.242. The van der Waals surface area contributed by atoms with Crippen LogP contribution in [0, 0.1) is 0 Å². The molecule has 90 valence electrons. The molecule has 0 spiro atoms. The molecule has 0 N–H and O–H groups in total. The Bertz CT molecular complexity index is 355. The maximum Gasteiger partial charge on any atom is 0.160 e. The molecule has 0 aromatic heterocycles. The van der Waals surface area contributed by atoms with Crippen LogP contribution in [0.2, 0.25) is 0 Å². The smallest absolute Gasteiger partial charge is 0.0683 e. The van der Waals surface area contributed by atoms with Crippen LogP contribution in [0.5, 0.6) is 0 Å². The van der Waals surface area contributed by atoms with Crippen LogP contribution in [0.25, 0.3) is 0 Å². The molecule has 0 aliphatic heterocycles. The van der Waals surface area contributed by atoms with Crippen LogP contribution in [0.3, 0.4) is 0 Å². The van der Waals surface area contributed by atoms with E-state index in [0.717, 1.165) is 0 Å². The first-order valence-electron chi connectivity index (χ1n) is 6.23. The first-order valence-corrected chi connectivity index (χ1v) is 7.62. The van der Waals surface area contributed by atoms with E-state index >= 15 is 0 Å². The van der Waals surface area contributed by atoms with Crippen molar-refractivity contribution in [2.75, 3.05) is 5.75 Å². The third-order valence-electron chi connectivity index (χ3n) is 2.34. The molecule has 0 fully saturated rings. The summed E-state index contributed by atoms with van der Waals surface area (Å²) in [5.74, 6) is 1.17. The van der Waals surface area contributed by atoms with Gasteiger partial charge in [0, 0.05) is 0 Å². The van der Waals surface area contributed by atoms with Gasteiger partial charge >= 0.3 is 0 Å². The molecular weight excluding hydrogens is 224 g/mol. The Balaban J connectivity index is 0.000000686. The van der Waals surface area contributed by atoms with Gasteiger partial charge in [0.2, 0.25) is 0 Å². The van der Waals surface area contributed by atoms with Gasteiger partial charge in [0.15, 0.2) is 9.79 Å². The molecule has 0 atom stereocenters. The van der Waals surface area contributed by atoms with Crippen molar-refractivity contribution in [2.24, 2.45) is 0 Å². The van der Waals surface area contributed by atoms with E-state index in [9.17, 15) is 0 Å². The normalized spacial score (nSPS) is 9.65. The quantitative estimate of drug-likeness (QED) is 0.683. The molecule has 0 unspecified atom stereocenters. The molecule has 0 saturated carbocycles. The number of rotatable bonds is 3. The van der Waals surface area contributed by atoms with E-state index in [1.54, 1.807) is 0 Å². The van der Waals surface area contributed by atoms with Crippen LogP contribution in [0.1, 0.15) is 20.8 Å². The van der Waals surface area contributed by atoms with Gasteiger partial charge in [-0.2, -0.15) is 0 Å². The second-order valence-electron chi connectivity index (χ2n) is 3.31. The van der Waals surface area contributed by atoms with Crippen LogP contribution in [-0.4, -0.2) is 5.75 Å². The lowest BCUT2D eigenvalue weighted by molar-refractivity contribution is 1.33. The predicted octanol–water partition coefficient (Wildman–Crippen LogP) is 4.77. The van der Waals surface area contributed by atoms with Crippen LogP contribution in [0.15, 0.2) is 70.5 Å². The van der Waals surface area contributed by atoms with Crippen LogP contribution in [0.4, 0.5) is 0 Å². The highest BCUT2D eigenvalue weighted by Crippen LogP contribution is 2.22. The van der Waals surface area contributed by atoms with Crippen LogP contribution < -0.4 is 0 Å². The first-order chi connectivity index (χ1) is 8.42. The second-order valence-corrected chi connectivity index (χ2v) is 5.61. The maximum atomic E-state index is 2.25. The average molecular weight is 245 g/mol. The molecule has 0 saturated heterocycles. The van der Waals surface area contributed by atoms with Crippen molar-refractivity contribution < 1.29 is 0 Å². The topological polar surface area (TPSA) is 0 Å². The summed E-state index contributed by atoms with van der Waals surface area (Å²) in [6.45, 7) is 6.25. The first kappa shape index (κ1) is 13.9. The largest absolute Gasteiger partial charge is 0.160 e. The minimum absolute atomic E-state index is 0.242. The van der Waals surface area contributed by atoms with Gasteiger partial charge in [-0.3, -0.25) is 0 Å². The van der Waals surface area contributed by atoms with Gasteiger partial charge in [-0.15, -0.1) is 0 Å². The molecule has 1 heteroatoms. The number of hydrogen-bond donors (Lipinski definition) is 0. The van der Waals surface area contributed by atoms with E-state index in [2.05, 4.69) is 67.6 Å². The summed E-state index contributed by atoms with van der Waals surface area (Å²) in [7, 11) is 0.242. The lowest BCUT2D eigenvalue weighted by Crippen LogP contribution is -2.05. The standard InChI is InChI=1S/C14H15S.C2H6/c1-2-15(13-9-5-3-6-10-13)14-11-7-4-8-12-14;1-2/h3-12H,2H2,1H3;1-2H3/q+1;. The lowest BCUT2D eigenvalue weighted by atomic mass is 10.4. The van der Waals surface area contributed by atoms with Gasteiger partial charge in [-0.1, -0.05) is 50.2 Å². The molecule has 0 bridgehead atoms. The Kier molecular flexibility index (Phi) is 6.49. The summed E-state index contributed by atoms with van der Waals surface area (Å²) in [6, 6.07) is 21.5. The predicted molar refractivity (Wildman–Crippen MR) is 78.7 cm³/mol. The second kappa shape index (κ2) is 7.97. The van der Waals surface area contributed by atoms with Crippen molar-refractivity contribution in [3.05, 3.63) is 60.7 Å². The molecular formula is C16H21S+. The van der Waals surface area contributed by atoms with Gasteiger partial charge in [-0.05, 0) is 31.2 Å². The summed E-state index contributed by atoms with van der Waals surface area (Å²) < 4.78 is 0. The van der Waals surface area contributed by atoms with Crippen LogP contribution >= 0.6 is 0 Å². The molecule has 0 radical (unpaired) electrons. The Morgan fingerprint density at radius 2 is 1.06 bits per heavy atom. The molecule has 17 heavy (non-hydrogen) atoms. The van der Waals surface area contributed by atoms with Gasteiger partial charge in [0.05, 0.1) is 10.9 Å². The molecule has 0 nitrogen and oxygen atoms in total. The Morgan fingerprint density at radius 3 is 1.35 bits per heavy atom. The van der Waals surface area contributed by atoms with Crippen LogP contribution in [-0.2, 0) is 10.9 Å². The highest BCUT2D eigenvalue weighted by Gasteiger charge is 2.21. The van der Waals surface area contributed by atoms with E-state index in [1.165, 1.54) is 15.5 Å². The van der Waals surface area contributed by atoms with Crippen molar-refractivity contribution in [3.63, 3.8) is 0 Å². The Labute approximate surface area is 108 Å². The molecule has 0 heterocycles. The zero-order valence-corrected chi connectivity index (χ0v) is 11.7. The Hall–Kier alpha value is -1.21. The summed E-state index contributed by atoms with van der Waals surface area (Å²) in [6.07, 6.45) is 0. The van der Waals surface area contributed by atoms with E-state index in [-0.39, 0.29) is 10.9 Å². The highest BCUT2D eigenvalue weighted by atomic mass is 32.2. The molecule has 2 aromatic rings. The van der Waals surface area contributed by atoms with Crippen molar-refractivity contribution in [1.82, 2.24) is 0 Å². The van der Waals surface area contributed by atoms with Crippen molar-refractivity contribution in [2.45, 2.75) is 30.6 Å². The van der Waals surface area contributed by atoms with E-state index in [0.29, 0.717) is 0 Å². The number of hydrogen-bond acceptors (Lipinski definition) is 0. The number of benzene rings is 2. The molecule has 0 amide bonds. The SMILES string of the molecule is CC.CC[S+](c1ccccc1)c1ccccc1. The van der Waals surface area contributed by atoms with Crippen molar-refractivity contribution >= 4 is 10.9 Å². The van der Waals surface area contributed by atoms with Gasteiger partial charge in [-0.25, -0.2) is 0 Å². The zero-order chi connectivity index (χ0) is 12.5. The summed E-state index contributed by atoms with van der Waals surface area (Å²) in [5, 5.41) is 0. The fraction of sp³-hybridized carbons (Fsp3) is 0.250. The molecule has 0 aliphatic rings. The van der Waals surface area contributed by atoms with E-state index in [4.69, 9.17) is 0 Å². The van der Waals surface area contributed by atoms with E-state index in [1.807, 2.05) is 13.8 Å². The summed E-state index contributed by atoms with van der Waals surface area (Å²) in [5.41, 5.74) is 0. The lowest BCUT2D eigenvalue weighted by Gasteiger charge is -2.04. The Morgan fingerprint density at radius 1 is 0.706 bits per heavy atom. The fourth-order valence-corrected chi connectivity index (χ4v) is 3.55. The van der Waals surface area contributed by atoms with Gasteiger partial charge in [0.25, 0.3) is 0 Å². The van der Waals surface area contributed by atoms with Crippen molar-refractivity contribution in [1.29, 1.82) is 0 Å². The van der Waals surface area contributed by atoms with Crippen molar-refractivity contribution in [3.8, 4) is 0 Å². The molecule has 0 aliphatic carbocycles. The average Bonchev–Trinajstić information content (AvgIpc) is 2.44. The van der Waals surface area contributed by atoms with Gasteiger partial charge < -0.3 is 0 Å². The fourth-order valence-electron chi connectivity index (χ4n) is 1.64. The minimum Gasteiger partial charge on any atom is -0.0683 e. The highest BCUT2D eigenvalue weighted by molar-refractivity contribution is 7.97. The zero-order valence-electron chi connectivity index (χ0n) is 10.9. The maximum absolute atomic E-state index is 2.25. The monoisotopic (exact) mass is 245 g/mol. The summed E-state index contributed by atoms with van der Waals surface area (Å²) >= 11 is 0. The van der Waals surface area contributed by atoms with E-state index < -0.39 is 0 Å². The third kappa shape index (κ3) is 3.94. The summed E-state index contributed by atoms with van der Waals surface area (Å²) in [4.78, 5) is 2.87. The molecule has 2 aromatic carbocycles. The van der Waals surface area contributed by atoms with Gasteiger partial charge in [0.1, 0.15) is 5.75 Å².